The molecular weight excluding hydrogens is 474 g/mol. The number of nitrogens with zero attached hydrogens (tertiary/aromatic N) is 1. The quantitative estimate of drug-likeness (QED) is 0.167. The third-order valence-electron chi connectivity index (χ3n) is 6.79. The molecule has 10 nitrogen and oxygen atoms in total. The number of carbonyl (C=O) groups excluding carboxylic acids is 3. The molecule has 12 heteroatoms. The second kappa shape index (κ2) is 8.94. The Balaban J connectivity index is 1.57. The number of nitrogens with one attached hydrogen (secondary N) is 3. The van der Waals surface area contributed by atoms with Gasteiger partial charge in [0.05, 0.1) is 23.4 Å². The third-order valence-corrected chi connectivity index (χ3v) is 6.79. The number of amides is 2. The molecule has 1 aliphatic heterocycles. The van der Waals surface area contributed by atoms with Gasteiger partial charge in [-0.15, -0.1) is 0 Å². The van der Waals surface area contributed by atoms with Gasteiger partial charge in [0.15, 0.2) is 0 Å². The highest BCUT2D eigenvalue weighted by molar-refractivity contribution is 6.44. The van der Waals surface area contributed by atoms with E-state index in [0.717, 1.165) is 23.9 Å². The van der Waals surface area contributed by atoms with Crippen molar-refractivity contribution in [1.82, 2.24) is 15.3 Å². The van der Waals surface area contributed by atoms with E-state index in [1.54, 1.807) is 33.0 Å². The zero-order valence-electron chi connectivity index (χ0n) is 20.1. The van der Waals surface area contributed by atoms with Crippen LogP contribution in [-0.2, 0) is 18.3 Å². The molecule has 2 amide bonds. The summed E-state index contributed by atoms with van der Waals surface area (Å²) in [5.41, 5.74) is 8.70. The maximum atomic E-state index is 13.7. The lowest BCUT2D eigenvalue weighted by atomic mass is 9.71. The Hall–Kier alpha value is -3.93. The van der Waals surface area contributed by atoms with Crippen LogP contribution in [0.3, 0.4) is 0 Å². The molecule has 1 aromatic heterocycles. The van der Waals surface area contributed by atoms with Gasteiger partial charge in [-0.1, -0.05) is 0 Å². The summed E-state index contributed by atoms with van der Waals surface area (Å²) < 4.78 is 34.4. The zero-order valence-corrected chi connectivity index (χ0v) is 20.1. The molecule has 2 aromatic rings. The van der Waals surface area contributed by atoms with Crippen molar-refractivity contribution in [2.24, 2.45) is 18.6 Å². The molecule has 7 N–H and O–H groups in total. The molecule has 192 valence electrons. The molecule has 4 rings (SSSR count). The van der Waals surface area contributed by atoms with Crippen molar-refractivity contribution < 1.29 is 27.9 Å². The first-order valence-electron chi connectivity index (χ1n) is 11.3. The molecule has 1 aromatic carbocycles. The molecule has 1 aliphatic carbocycles. The van der Waals surface area contributed by atoms with E-state index < -0.39 is 41.9 Å². The minimum Gasteiger partial charge on any atom is -0.493 e. The standard InChI is InChI=1S/C24H28F2N6O4/c1-12-18(20(33)22(35)31-23(17(27)9-29-28)10-24(25,26)11-23)13(2)32(3)19(12)21(34)30-15-4-5-16-14(8-15)6-7-36-16/h4-5,8-9,29H,6-7,10-11,27-28H2,1-3H3,(H,30,34)(H,31,35)/b17-9-. The lowest BCUT2D eigenvalue weighted by Gasteiger charge is -2.47. The molecule has 0 spiro atoms. The third kappa shape index (κ3) is 4.28. The lowest BCUT2D eigenvalue weighted by Crippen LogP contribution is -2.65. The summed E-state index contributed by atoms with van der Waals surface area (Å²) in [6.07, 6.45) is 0.292. The van der Waals surface area contributed by atoms with Gasteiger partial charge >= 0.3 is 0 Å². The van der Waals surface area contributed by atoms with Crippen LogP contribution < -0.4 is 32.4 Å². The highest BCUT2D eigenvalue weighted by atomic mass is 19.3. The largest absolute Gasteiger partial charge is 0.493 e. The number of alkyl halides is 2. The summed E-state index contributed by atoms with van der Waals surface area (Å²) in [5.74, 6) is 0.398. The van der Waals surface area contributed by atoms with Crippen LogP contribution >= 0.6 is 0 Å². The van der Waals surface area contributed by atoms with Crippen LogP contribution in [0, 0.1) is 13.8 Å². The monoisotopic (exact) mass is 502 g/mol. The predicted molar refractivity (Wildman–Crippen MR) is 127 cm³/mol. The smallest absolute Gasteiger partial charge is 0.293 e. The zero-order chi connectivity index (χ0) is 26.4. The minimum atomic E-state index is -3.04. The maximum absolute atomic E-state index is 13.7. The highest BCUT2D eigenvalue weighted by Crippen LogP contribution is 2.48. The van der Waals surface area contributed by atoms with E-state index in [9.17, 15) is 23.2 Å². The van der Waals surface area contributed by atoms with E-state index in [1.807, 2.05) is 6.07 Å². The number of hydrogen-bond acceptors (Lipinski definition) is 7. The van der Waals surface area contributed by atoms with E-state index in [2.05, 4.69) is 16.1 Å². The number of halogens is 2. The first-order chi connectivity index (χ1) is 16.9. The number of anilines is 1. The van der Waals surface area contributed by atoms with Crippen LogP contribution in [0.5, 0.6) is 5.75 Å². The number of carbonyl (C=O) groups is 3. The summed E-state index contributed by atoms with van der Waals surface area (Å²) in [5, 5.41) is 5.18. The molecule has 0 atom stereocenters. The number of Topliss-reactive ketones (excluding diaryl/α,β-unsaturated/α-hetero) is 1. The fourth-order valence-corrected chi connectivity index (χ4v) is 4.90. The Kier molecular flexibility index (Phi) is 6.25. The summed E-state index contributed by atoms with van der Waals surface area (Å²) >= 11 is 0. The van der Waals surface area contributed by atoms with Crippen molar-refractivity contribution in [3.63, 3.8) is 0 Å². The molecule has 0 bridgehead atoms. The Bertz CT molecular complexity index is 1290. The van der Waals surface area contributed by atoms with Crippen LogP contribution in [0.4, 0.5) is 14.5 Å². The summed E-state index contributed by atoms with van der Waals surface area (Å²) in [7, 11) is 1.60. The fourth-order valence-electron chi connectivity index (χ4n) is 4.90. The van der Waals surface area contributed by atoms with Gasteiger partial charge in [0.25, 0.3) is 23.5 Å². The van der Waals surface area contributed by atoms with Gasteiger partial charge in [0.1, 0.15) is 11.4 Å². The Labute approximate surface area is 206 Å². The SMILES string of the molecule is Cc1c(C(=O)C(=O)NC2(/C(N)=C/NN)CC(F)(F)C2)c(C)n(C)c1C(=O)Nc1ccc2c(c1)CCO2. The number of ketones is 1. The number of nitrogens with two attached hydrogens (primary N) is 2. The van der Waals surface area contributed by atoms with Crippen molar-refractivity contribution in [2.45, 2.75) is 44.6 Å². The molecular formula is C24H28F2N6O4. The van der Waals surface area contributed by atoms with Crippen molar-refractivity contribution in [2.75, 3.05) is 11.9 Å². The van der Waals surface area contributed by atoms with Crippen molar-refractivity contribution in [3.05, 3.63) is 58.2 Å². The van der Waals surface area contributed by atoms with Gasteiger partial charge in [-0.3, -0.25) is 20.2 Å². The summed E-state index contributed by atoms with van der Waals surface area (Å²) in [6.45, 7) is 3.73. The van der Waals surface area contributed by atoms with Crippen molar-refractivity contribution >= 4 is 23.3 Å². The van der Waals surface area contributed by atoms with Crippen LogP contribution in [0.25, 0.3) is 0 Å². The van der Waals surface area contributed by atoms with Crippen molar-refractivity contribution in [1.29, 1.82) is 0 Å². The predicted octanol–water partition coefficient (Wildman–Crippen LogP) is 1.56. The highest BCUT2D eigenvalue weighted by Gasteiger charge is 2.59. The average molecular weight is 503 g/mol. The molecule has 36 heavy (non-hydrogen) atoms. The molecule has 1 fully saturated rings. The van der Waals surface area contributed by atoms with Gasteiger partial charge < -0.3 is 31.1 Å². The Morgan fingerprint density at radius 2 is 1.89 bits per heavy atom. The first-order valence-corrected chi connectivity index (χ1v) is 11.3. The molecule has 0 radical (unpaired) electrons. The van der Waals surface area contributed by atoms with E-state index in [4.69, 9.17) is 16.3 Å². The van der Waals surface area contributed by atoms with Crippen LogP contribution in [0.1, 0.15) is 50.5 Å². The number of rotatable bonds is 7. The van der Waals surface area contributed by atoms with Crippen LogP contribution in [0.15, 0.2) is 30.1 Å². The fraction of sp³-hybridized carbons (Fsp3) is 0.375. The van der Waals surface area contributed by atoms with Crippen molar-refractivity contribution in [3.8, 4) is 5.75 Å². The second-order valence-corrected chi connectivity index (χ2v) is 9.21. The normalized spacial score (nSPS) is 17.4. The second-order valence-electron chi connectivity index (χ2n) is 9.21. The Morgan fingerprint density at radius 1 is 1.19 bits per heavy atom. The Morgan fingerprint density at radius 3 is 2.53 bits per heavy atom. The van der Waals surface area contributed by atoms with Crippen LogP contribution in [0.2, 0.25) is 0 Å². The van der Waals surface area contributed by atoms with Gasteiger partial charge in [-0.05, 0) is 43.2 Å². The number of hydrazine groups is 1. The molecule has 0 unspecified atom stereocenters. The van der Waals surface area contributed by atoms with Crippen LogP contribution in [-0.4, -0.2) is 40.2 Å². The lowest BCUT2D eigenvalue weighted by molar-refractivity contribution is -0.137. The van der Waals surface area contributed by atoms with Gasteiger partial charge in [-0.2, -0.15) is 0 Å². The van der Waals surface area contributed by atoms with Gasteiger partial charge in [-0.25, -0.2) is 8.78 Å². The molecule has 2 aliphatic rings. The topological polar surface area (TPSA) is 153 Å². The van der Waals surface area contributed by atoms with E-state index in [0.29, 0.717) is 18.0 Å². The average Bonchev–Trinajstić information content (AvgIpc) is 3.33. The van der Waals surface area contributed by atoms with Gasteiger partial charge in [0.2, 0.25) is 0 Å². The number of aromatic nitrogens is 1. The summed E-state index contributed by atoms with van der Waals surface area (Å²) in [6, 6.07) is 5.32. The van der Waals surface area contributed by atoms with E-state index in [1.165, 1.54) is 4.57 Å². The number of ether oxygens (including phenoxy) is 1. The number of hydrogen-bond donors (Lipinski definition) is 5. The molecule has 1 saturated carbocycles. The number of fused-ring (bicyclic) bond motifs is 1. The molecule has 0 saturated heterocycles. The van der Waals surface area contributed by atoms with Gasteiger partial charge in [0, 0.05) is 43.9 Å². The summed E-state index contributed by atoms with van der Waals surface area (Å²) in [4.78, 5) is 39.2. The number of benzene rings is 1. The molecule has 2 heterocycles. The first kappa shape index (κ1) is 25.2. The van der Waals surface area contributed by atoms with E-state index >= 15 is 0 Å². The minimum absolute atomic E-state index is 0.0169. The maximum Gasteiger partial charge on any atom is 0.293 e. The van der Waals surface area contributed by atoms with E-state index in [-0.39, 0.29) is 22.5 Å².